The molecule has 0 radical (unpaired) electrons. The molecule has 1 N–H and O–H groups in total. The first-order valence-electron chi connectivity index (χ1n) is 5.67. The van der Waals surface area contributed by atoms with Gasteiger partial charge in [0.1, 0.15) is 5.75 Å². The summed E-state index contributed by atoms with van der Waals surface area (Å²) < 4.78 is 7.16. The normalized spacial score (nSPS) is 13.2. The van der Waals surface area contributed by atoms with Crippen LogP contribution in [-0.2, 0) is 13.5 Å². The van der Waals surface area contributed by atoms with Gasteiger partial charge in [0.05, 0.1) is 18.6 Å². The van der Waals surface area contributed by atoms with Crippen LogP contribution in [0.5, 0.6) is 5.75 Å². The Morgan fingerprint density at radius 1 is 1.50 bits per heavy atom. The summed E-state index contributed by atoms with van der Waals surface area (Å²) in [6.45, 7) is 0.690. The van der Waals surface area contributed by atoms with Gasteiger partial charge >= 0.3 is 5.97 Å². The third-order valence-corrected chi connectivity index (χ3v) is 3.10. The van der Waals surface area contributed by atoms with E-state index in [1.54, 1.807) is 11.6 Å². The van der Waals surface area contributed by atoms with Crippen molar-refractivity contribution in [2.75, 3.05) is 6.61 Å². The Hall–Kier alpha value is -2.30. The lowest BCUT2D eigenvalue weighted by Gasteiger charge is -2.06. The number of hydrogen-bond donors (Lipinski definition) is 1. The summed E-state index contributed by atoms with van der Waals surface area (Å²) in [6, 6.07) is 5.73. The number of carboxylic acids is 1. The minimum atomic E-state index is -1.01. The highest BCUT2D eigenvalue weighted by molar-refractivity contribution is 5.93. The second-order valence-electron chi connectivity index (χ2n) is 4.28. The van der Waals surface area contributed by atoms with E-state index in [1.165, 1.54) is 6.33 Å². The van der Waals surface area contributed by atoms with Crippen LogP contribution < -0.4 is 4.74 Å². The number of aryl methyl sites for hydroxylation is 1. The van der Waals surface area contributed by atoms with Crippen LogP contribution in [0.3, 0.4) is 0 Å². The lowest BCUT2D eigenvalue weighted by Crippen LogP contribution is -2.01. The number of hydrogen-bond acceptors (Lipinski definition) is 3. The van der Waals surface area contributed by atoms with Gasteiger partial charge < -0.3 is 14.4 Å². The van der Waals surface area contributed by atoms with E-state index in [1.807, 2.05) is 18.2 Å². The number of fused-ring (bicyclic) bond motifs is 1. The Bertz CT molecular complexity index is 631. The molecular formula is C13H12N2O3. The zero-order valence-corrected chi connectivity index (χ0v) is 9.88. The Labute approximate surface area is 104 Å². The molecule has 0 spiro atoms. The van der Waals surface area contributed by atoms with Gasteiger partial charge in [-0.05, 0) is 23.8 Å². The molecule has 92 valence electrons. The number of nitrogens with zero attached hydrogens (tertiary/aromatic N) is 2. The van der Waals surface area contributed by atoms with Crippen molar-refractivity contribution in [1.29, 1.82) is 0 Å². The quantitative estimate of drug-likeness (QED) is 0.873. The van der Waals surface area contributed by atoms with Crippen molar-refractivity contribution >= 4 is 5.97 Å². The topological polar surface area (TPSA) is 64.4 Å². The molecule has 3 rings (SSSR count). The Kier molecular flexibility index (Phi) is 2.33. The van der Waals surface area contributed by atoms with E-state index in [4.69, 9.17) is 9.84 Å². The smallest absolute Gasteiger partial charge is 0.356 e. The number of ether oxygens (including phenoxy) is 1. The number of carboxylic acid groups (broad SMARTS) is 1. The van der Waals surface area contributed by atoms with Crippen molar-refractivity contribution in [3.63, 3.8) is 0 Å². The second kappa shape index (κ2) is 3.87. The second-order valence-corrected chi connectivity index (χ2v) is 4.28. The molecule has 1 aromatic carbocycles. The van der Waals surface area contributed by atoms with Gasteiger partial charge in [0, 0.05) is 19.0 Å². The minimum absolute atomic E-state index is 0.0800. The first-order chi connectivity index (χ1) is 8.66. The largest absolute Gasteiger partial charge is 0.493 e. The summed E-state index contributed by atoms with van der Waals surface area (Å²) in [5, 5.41) is 9.13. The zero-order chi connectivity index (χ0) is 12.7. The highest BCUT2D eigenvalue weighted by Gasteiger charge is 2.19. The minimum Gasteiger partial charge on any atom is -0.493 e. The van der Waals surface area contributed by atoms with Crippen LogP contribution in [0.25, 0.3) is 11.3 Å². The van der Waals surface area contributed by atoms with Gasteiger partial charge in [-0.1, -0.05) is 0 Å². The van der Waals surface area contributed by atoms with Gasteiger partial charge in [-0.15, -0.1) is 0 Å². The van der Waals surface area contributed by atoms with E-state index in [9.17, 15) is 4.79 Å². The van der Waals surface area contributed by atoms with Gasteiger partial charge in [0.15, 0.2) is 5.69 Å². The average molecular weight is 244 g/mol. The van der Waals surface area contributed by atoms with Crippen LogP contribution in [0.1, 0.15) is 16.1 Å². The Morgan fingerprint density at radius 2 is 2.33 bits per heavy atom. The van der Waals surface area contributed by atoms with Gasteiger partial charge in [0.25, 0.3) is 0 Å². The molecule has 5 heteroatoms. The van der Waals surface area contributed by atoms with Crippen molar-refractivity contribution in [2.24, 2.45) is 7.05 Å². The Balaban J connectivity index is 2.15. The lowest BCUT2D eigenvalue weighted by atomic mass is 10.0. The van der Waals surface area contributed by atoms with Gasteiger partial charge in [-0.3, -0.25) is 0 Å². The Morgan fingerprint density at radius 3 is 3.11 bits per heavy atom. The average Bonchev–Trinajstić information content (AvgIpc) is 2.93. The summed E-state index contributed by atoms with van der Waals surface area (Å²) in [5.41, 5.74) is 2.68. The number of rotatable bonds is 2. The predicted octanol–water partition coefficient (Wildman–Crippen LogP) is 1.72. The van der Waals surface area contributed by atoms with Crippen molar-refractivity contribution < 1.29 is 14.6 Å². The van der Waals surface area contributed by atoms with Crippen molar-refractivity contribution in [2.45, 2.75) is 6.42 Å². The summed E-state index contributed by atoms with van der Waals surface area (Å²) in [5.74, 6) is -0.125. The third-order valence-electron chi connectivity index (χ3n) is 3.10. The molecular weight excluding hydrogens is 232 g/mol. The maximum Gasteiger partial charge on any atom is 0.356 e. The molecule has 2 heterocycles. The number of aromatic nitrogens is 2. The molecule has 1 aromatic heterocycles. The number of benzene rings is 1. The van der Waals surface area contributed by atoms with E-state index in [-0.39, 0.29) is 5.69 Å². The van der Waals surface area contributed by atoms with Gasteiger partial charge in [-0.2, -0.15) is 0 Å². The van der Waals surface area contributed by atoms with Crippen LogP contribution in [0.4, 0.5) is 0 Å². The number of aromatic carboxylic acids is 1. The maximum atomic E-state index is 11.1. The molecule has 0 aliphatic carbocycles. The number of imidazole rings is 1. The zero-order valence-electron chi connectivity index (χ0n) is 9.88. The summed E-state index contributed by atoms with van der Waals surface area (Å²) in [6.07, 6.45) is 2.38. The van der Waals surface area contributed by atoms with Crippen molar-refractivity contribution in [1.82, 2.24) is 9.55 Å². The molecule has 0 saturated carbocycles. The molecule has 0 atom stereocenters. The van der Waals surface area contributed by atoms with E-state index in [2.05, 4.69) is 4.98 Å². The van der Waals surface area contributed by atoms with E-state index in [0.29, 0.717) is 12.3 Å². The highest BCUT2D eigenvalue weighted by atomic mass is 16.5. The molecule has 1 aliphatic rings. The summed E-state index contributed by atoms with van der Waals surface area (Å²) >= 11 is 0. The van der Waals surface area contributed by atoms with Crippen LogP contribution in [0, 0.1) is 0 Å². The molecule has 0 fully saturated rings. The van der Waals surface area contributed by atoms with Gasteiger partial charge in [0.2, 0.25) is 0 Å². The fourth-order valence-corrected chi connectivity index (χ4v) is 2.26. The van der Waals surface area contributed by atoms with Crippen LogP contribution >= 0.6 is 0 Å². The van der Waals surface area contributed by atoms with E-state index < -0.39 is 5.97 Å². The van der Waals surface area contributed by atoms with Crippen LogP contribution in [-0.4, -0.2) is 27.2 Å². The molecule has 0 amide bonds. The molecule has 18 heavy (non-hydrogen) atoms. The molecule has 2 aromatic rings. The van der Waals surface area contributed by atoms with Gasteiger partial charge in [-0.25, -0.2) is 9.78 Å². The van der Waals surface area contributed by atoms with Crippen molar-refractivity contribution in [3.8, 4) is 17.0 Å². The molecule has 0 unspecified atom stereocenters. The van der Waals surface area contributed by atoms with E-state index >= 15 is 0 Å². The fourth-order valence-electron chi connectivity index (χ4n) is 2.26. The first kappa shape index (κ1) is 10.8. The van der Waals surface area contributed by atoms with Crippen LogP contribution in [0.2, 0.25) is 0 Å². The lowest BCUT2D eigenvalue weighted by molar-refractivity contribution is 0.0692. The standard InChI is InChI=1S/C13H12N2O3/c1-15-7-14-11(13(16)17)12(15)9-2-3-10-8(6-9)4-5-18-10/h2-3,6-7H,4-5H2,1H3,(H,16,17). The third kappa shape index (κ3) is 1.55. The maximum absolute atomic E-state index is 11.1. The predicted molar refractivity (Wildman–Crippen MR) is 64.8 cm³/mol. The fraction of sp³-hybridized carbons (Fsp3) is 0.231. The molecule has 0 saturated heterocycles. The molecule has 5 nitrogen and oxygen atoms in total. The monoisotopic (exact) mass is 244 g/mol. The molecule has 0 bridgehead atoms. The highest BCUT2D eigenvalue weighted by Crippen LogP contribution is 2.31. The SMILES string of the molecule is Cn1cnc(C(=O)O)c1-c1ccc2c(c1)CCO2. The summed E-state index contributed by atoms with van der Waals surface area (Å²) in [7, 11) is 1.79. The first-order valence-corrected chi connectivity index (χ1v) is 5.67. The van der Waals surface area contributed by atoms with E-state index in [0.717, 1.165) is 23.3 Å². The van der Waals surface area contributed by atoms with Crippen LogP contribution in [0.15, 0.2) is 24.5 Å². The molecule has 1 aliphatic heterocycles. The summed E-state index contributed by atoms with van der Waals surface area (Å²) in [4.78, 5) is 15.1. The van der Waals surface area contributed by atoms with Crippen molar-refractivity contribution in [3.05, 3.63) is 35.8 Å². The number of carbonyl (C=O) groups is 1.